The normalized spacial score (nSPS) is 13.0. The molecule has 158 valence electrons. The molecule has 7 heteroatoms. The van der Waals surface area contributed by atoms with E-state index in [1.807, 2.05) is 18.2 Å². The van der Waals surface area contributed by atoms with E-state index >= 15 is 0 Å². The molecule has 0 N–H and O–H groups in total. The predicted molar refractivity (Wildman–Crippen MR) is 119 cm³/mol. The number of fused-ring (bicyclic) bond motifs is 1. The maximum atomic E-state index is 6.09. The lowest BCUT2D eigenvalue weighted by atomic mass is 10.0. The van der Waals surface area contributed by atoms with Gasteiger partial charge in [-0.3, -0.25) is 0 Å². The number of hydrogen-bond acceptors (Lipinski definition) is 7. The third-order valence-corrected chi connectivity index (χ3v) is 5.94. The Hall–Kier alpha value is -2.64. The number of nitrogens with zero attached hydrogens (tertiary/aromatic N) is 3. The van der Waals surface area contributed by atoms with Crippen LogP contribution in [0.3, 0.4) is 0 Å². The molecular weight excluding hydrogens is 398 g/mol. The number of aryl methyl sites for hydroxylation is 2. The topological polar surface area (TPSA) is 56.7 Å². The molecule has 30 heavy (non-hydrogen) atoms. The first-order valence-corrected chi connectivity index (χ1v) is 11.0. The minimum absolute atomic E-state index is 0.529. The Labute approximate surface area is 181 Å². The summed E-state index contributed by atoms with van der Waals surface area (Å²) in [4.78, 5) is 6.89. The van der Waals surface area contributed by atoms with Gasteiger partial charge in [0.2, 0.25) is 0 Å². The van der Waals surface area contributed by atoms with Gasteiger partial charge in [-0.25, -0.2) is 0 Å². The first-order chi connectivity index (χ1) is 14.5. The van der Waals surface area contributed by atoms with Gasteiger partial charge in [0.15, 0.2) is 17.3 Å². The second-order valence-corrected chi connectivity index (χ2v) is 8.25. The minimum Gasteiger partial charge on any atom is -0.486 e. The van der Waals surface area contributed by atoms with Gasteiger partial charge in [0, 0.05) is 23.6 Å². The van der Waals surface area contributed by atoms with Crippen molar-refractivity contribution in [3.63, 3.8) is 0 Å². The number of likely N-dealkylation sites (N-methyl/N-ethyl adjacent to an activating group) is 1. The standard InChI is InChI=1S/C23H27N3O3S/c1-5-26(4)9-8-17-12-16(3)20(13-15(17)2)29-23-24-22(25-30-23)18-6-7-19-21(14-18)28-11-10-27-19/h6-7,12-14H,5,8-11H2,1-4H3. The Morgan fingerprint density at radius 3 is 2.67 bits per heavy atom. The Balaban J connectivity index is 1.49. The fourth-order valence-corrected chi connectivity index (χ4v) is 3.91. The van der Waals surface area contributed by atoms with Crippen LogP contribution in [-0.2, 0) is 6.42 Å². The third-order valence-electron chi connectivity index (χ3n) is 5.34. The van der Waals surface area contributed by atoms with Crippen LogP contribution < -0.4 is 14.2 Å². The highest BCUT2D eigenvalue weighted by atomic mass is 32.1. The van der Waals surface area contributed by atoms with E-state index in [9.17, 15) is 0 Å². The fraction of sp³-hybridized carbons (Fsp3) is 0.391. The number of hydrogen-bond donors (Lipinski definition) is 0. The summed E-state index contributed by atoms with van der Waals surface area (Å²) in [5.41, 5.74) is 4.57. The van der Waals surface area contributed by atoms with Crippen LogP contribution in [0.4, 0.5) is 0 Å². The minimum atomic E-state index is 0.529. The summed E-state index contributed by atoms with van der Waals surface area (Å²) in [6, 6.07) is 10.1. The van der Waals surface area contributed by atoms with Gasteiger partial charge in [0.1, 0.15) is 19.0 Å². The van der Waals surface area contributed by atoms with Crippen LogP contribution in [0.25, 0.3) is 11.4 Å². The number of benzene rings is 2. The van der Waals surface area contributed by atoms with Crippen LogP contribution in [0.15, 0.2) is 30.3 Å². The molecule has 0 aliphatic carbocycles. The Kier molecular flexibility index (Phi) is 6.20. The van der Waals surface area contributed by atoms with Crippen molar-refractivity contribution in [2.24, 2.45) is 0 Å². The maximum Gasteiger partial charge on any atom is 0.299 e. The van der Waals surface area contributed by atoms with E-state index in [1.54, 1.807) is 0 Å². The first-order valence-electron chi connectivity index (χ1n) is 10.2. The van der Waals surface area contributed by atoms with Gasteiger partial charge < -0.3 is 19.1 Å². The van der Waals surface area contributed by atoms with Gasteiger partial charge in [0.25, 0.3) is 5.19 Å². The van der Waals surface area contributed by atoms with E-state index in [0.29, 0.717) is 24.2 Å². The van der Waals surface area contributed by atoms with Crippen LogP contribution in [0.2, 0.25) is 0 Å². The molecule has 1 aromatic heterocycles. The zero-order valence-electron chi connectivity index (χ0n) is 17.9. The molecular formula is C23H27N3O3S. The highest BCUT2D eigenvalue weighted by Gasteiger charge is 2.16. The Morgan fingerprint density at radius 2 is 1.87 bits per heavy atom. The molecule has 2 aromatic carbocycles. The second-order valence-electron chi connectivity index (χ2n) is 7.53. The lowest BCUT2D eigenvalue weighted by molar-refractivity contribution is 0.171. The SMILES string of the molecule is CCN(C)CCc1cc(C)c(Oc2nc(-c3ccc4c(c3)OCCO4)ns2)cc1C. The van der Waals surface area contributed by atoms with Crippen LogP contribution in [-0.4, -0.2) is 47.6 Å². The average Bonchev–Trinajstić information content (AvgIpc) is 3.23. The van der Waals surface area contributed by atoms with Crippen molar-refractivity contribution in [3.8, 4) is 33.8 Å². The van der Waals surface area contributed by atoms with Crippen LogP contribution >= 0.6 is 11.5 Å². The summed E-state index contributed by atoms with van der Waals surface area (Å²) in [6.07, 6.45) is 1.03. The van der Waals surface area contributed by atoms with Gasteiger partial charge in [-0.2, -0.15) is 9.36 Å². The van der Waals surface area contributed by atoms with E-state index in [0.717, 1.165) is 47.9 Å². The predicted octanol–water partition coefficient (Wildman–Crippen LogP) is 4.88. The third kappa shape index (κ3) is 4.57. The van der Waals surface area contributed by atoms with Crippen molar-refractivity contribution in [3.05, 3.63) is 47.0 Å². The molecule has 0 saturated carbocycles. The largest absolute Gasteiger partial charge is 0.486 e. The molecule has 0 saturated heterocycles. The van der Waals surface area contributed by atoms with Crippen molar-refractivity contribution in [2.45, 2.75) is 27.2 Å². The summed E-state index contributed by atoms with van der Waals surface area (Å²) < 4.78 is 21.8. The lowest BCUT2D eigenvalue weighted by Crippen LogP contribution is -2.20. The summed E-state index contributed by atoms with van der Waals surface area (Å²) in [6.45, 7) is 9.62. The molecule has 3 aromatic rings. The summed E-state index contributed by atoms with van der Waals surface area (Å²) >= 11 is 1.25. The first kappa shape index (κ1) is 20.6. The van der Waals surface area contributed by atoms with Crippen LogP contribution in [0.1, 0.15) is 23.6 Å². The summed E-state index contributed by atoms with van der Waals surface area (Å²) in [5, 5.41) is 0.529. The van der Waals surface area contributed by atoms with E-state index in [-0.39, 0.29) is 0 Å². The highest BCUT2D eigenvalue weighted by molar-refractivity contribution is 7.07. The molecule has 0 bridgehead atoms. The molecule has 4 rings (SSSR count). The number of rotatable bonds is 7. The second kappa shape index (κ2) is 9.02. The molecule has 0 unspecified atom stereocenters. The van der Waals surface area contributed by atoms with E-state index in [4.69, 9.17) is 14.2 Å². The zero-order chi connectivity index (χ0) is 21.1. The van der Waals surface area contributed by atoms with E-state index in [1.165, 1.54) is 22.7 Å². The zero-order valence-corrected chi connectivity index (χ0v) is 18.7. The van der Waals surface area contributed by atoms with Crippen LogP contribution in [0, 0.1) is 13.8 Å². The van der Waals surface area contributed by atoms with Crippen molar-refractivity contribution >= 4 is 11.5 Å². The molecule has 0 fully saturated rings. The number of ether oxygens (including phenoxy) is 3. The maximum absolute atomic E-state index is 6.09. The lowest BCUT2D eigenvalue weighted by Gasteiger charge is -2.18. The molecule has 1 aliphatic rings. The van der Waals surface area contributed by atoms with Gasteiger partial charge in [0.05, 0.1) is 0 Å². The molecule has 0 atom stereocenters. The Bertz CT molecular complexity index is 1030. The number of aromatic nitrogens is 2. The van der Waals surface area contributed by atoms with Crippen molar-refractivity contribution in [1.82, 2.24) is 14.3 Å². The fourth-order valence-electron chi connectivity index (χ4n) is 3.34. The van der Waals surface area contributed by atoms with Crippen molar-refractivity contribution in [1.29, 1.82) is 0 Å². The van der Waals surface area contributed by atoms with Crippen molar-refractivity contribution in [2.75, 3.05) is 33.4 Å². The quantitative estimate of drug-likeness (QED) is 0.538. The molecule has 2 heterocycles. The van der Waals surface area contributed by atoms with E-state index < -0.39 is 0 Å². The van der Waals surface area contributed by atoms with Crippen LogP contribution in [0.5, 0.6) is 22.4 Å². The van der Waals surface area contributed by atoms with E-state index in [2.05, 4.69) is 54.2 Å². The summed E-state index contributed by atoms with van der Waals surface area (Å²) in [5.74, 6) is 2.94. The van der Waals surface area contributed by atoms with Gasteiger partial charge in [-0.05, 0) is 74.8 Å². The Morgan fingerprint density at radius 1 is 1.07 bits per heavy atom. The molecule has 0 amide bonds. The molecule has 6 nitrogen and oxygen atoms in total. The molecule has 1 aliphatic heterocycles. The van der Waals surface area contributed by atoms with Gasteiger partial charge in [-0.15, -0.1) is 0 Å². The van der Waals surface area contributed by atoms with Gasteiger partial charge >= 0.3 is 0 Å². The molecule has 0 radical (unpaired) electrons. The average molecular weight is 426 g/mol. The highest BCUT2D eigenvalue weighted by Crippen LogP contribution is 2.36. The van der Waals surface area contributed by atoms with Crippen molar-refractivity contribution < 1.29 is 14.2 Å². The van der Waals surface area contributed by atoms with Gasteiger partial charge in [-0.1, -0.05) is 13.0 Å². The monoisotopic (exact) mass is 425 g/mol. The molecule has 0 spiro atoms. The summed E-state index contributed by atoms with van der Waals surface area (Å²) in [7, 11) is 2.15. The smallest absolute Gasteiger partial charge is 0.299 e.